The fourth-order valence-corrected chi connectivity index (χ4v) is 0.812. The lowest BCUT2D eigenvalue weighted by Gasteiger charge is -2.13. The lowest BCUT2D eigenvalue weighted by atomic mass is 10.1. The Morgan fingerprint density at radius 3 is 2.21 bits per heavy atom. The first-order chi connectivity index (χ1) is 6.47. The van der Waals surface area contributed by atoms with Gasteiger partial charge in [-0.3, -0.25) is 14.4 Å². The largest absolute Gasteiger partial charge is 0.387 e. The van der Waals surface area contributed by atoms with Crippen molar-refractivity contribution in [2.45, 2.75) is 18.9 Å². The molecule has 0 unspecified atom stereocenters. The maximum Gasteiger partial charge on any atom is 0.246 e. The van der Waals surface area contributed by atoms with Crippen LogP contribution in [0.4, 0.5) is 0 Å². The summed E-state index contributed by atoms with van der Waals surface area (Å²) < 4.78 is 0. The zero-order valence-corrected chi connectivity index (χ0v) is 7.53. The zero-order valence-electron chi connectivity index (χ0n) is 7.53. The predicted molar refractivity (Wildman–Crippen MR) is 46.6 cm³/mol. The second-order valence-corrected chi connectivity index (χ2v) is 2.69. The van der Waals surface area contributed by atoms with Crippen LogP contribution in [0.2, 0.25) is 0 Å². The van der Waals surface area contributed by atoms with Crippen molar-refractivity contribution in [1.82, 2.24) is 5.32 Å². The van der Waals surface area contributed by atoms with Gasteiger partial charge in [-0.2, -0.15) is 0 Å². The fraction of sp³-hybridized carbons (Fsp3) is 0.571. The van der Waals surface area contributed by atoms with Gasteiger partial charge >= 0.3 is 0 Å². The Morgan fingerprint density at radius 1 is 1.29 bits per heavy atom. The van der Waals surface area contributed by atoms with Crippen LogP contribution in [0.25, 0.3) is 0 Å². The number of amides is 3. The highest BCUT2D eigenvalue weighted by Gasteiger charge is 2.17. The molecule has 7 heteroatoms. The van der Waals surface area contributed by atoms with E-state index in [0.29, 0.717) is 0 Å². The summed E-state index contributed by atoms with van der Waals surface area (Å²) in [7, 11) is 0. The van der Waals surface area contributed by atoms with Gasteiger partial charge in [-0.1, -0.05) is 0 Å². The molecule has 7 nitrogen and oxygen atoms in total. The molecular formula is C7H13N3O4. The number of carbonyl (C=O) groups is 3. The summed E-state index contributed by atoms with van der Waals surface area (Å²) in [5.41, 5.74) is 9.79. The van der Waals surface area contributed by atoms with Crippen LogP contribution in [0.5, 0.6) is 0 Å². The molecule has 0 spiro atoms. The summed E-state index contributed by atoms with van der Waals surface area (Å²) in [5, 5.41) is 10.5. The van der Waals surface area contributed by atoms with Crippen LogP contribution < -0.4 is 16.8 Å². The molecule has 0 aliphatic heterocycles. The van der Waals surface area contributed by atoms with Crippen molar-refractivity contribution in [2.75, 3.05) is 6.61 Å². The van der Waals surface area contributed by atoms with Crippen molar-refractivity contribution in [1.29, 1.82) is 0 Å². The summed E-state index contributed by atoms with van der Waals surface area (Å²) in [6.45, 7) is -0.736. The SMILES string of the molecule is NC(=O)CC[C@H](NC(=O)CO)C(N)=O. The van der Waals surface area contributed by atoms with E-state index in [9.17, 15) is 14.4 Å². The minimum absolute atomic E-state index is 0.0381. The first-order valence-electron chi connectivity index (χ1n) is 3.95. The Bertz CT molecular complexity index is 241. The maximum absolute atomic E-state index is 10.7. The minimum Gasteiger partial charge on any atom is -0.387 e. The summed E-state index contributed by atoms with van der Waals surface area (Å²) in [5.74, 6) is -2.08. The summed E-state index contributed by atoms with van der Waals surface area (Å²) in [4.78, 5) is 31.8. The van der Waals surface area contributed by atoms with Crippen molar-refractivity contribution in [3.05, 3.63) is 0 Å². The molecule has 0 saturated heterocycles. The number of nitrogens with one attached hydrogen (secondary N) is 1. The van der Waals surface area contributed by atoms with Gasteiger partial charge in [0.1, 0.15) is 12.6 Å². The van der Waals surface area contributed by atoms with E-state index in [1.807, 2.05) is 0 Å². The Labute approximate surface area is 80.4 Å². The van der Waals surface area contributed by atoms with E-state index >= 15 is 0 Å². The zero-order chi connectivity index (χ0) is 11.1. The third-order valence-corrected chi connectivity index (χ3v) is 1.50. The van der Waals surface area contributed by atoms with Gasteiger partial charge in [0.2, 0.25) is 17.7 Å². The van der Waals surface area contributed by atoms with Gasteiger partial charge in [0, 0.05) is 6.42 Å². The monoisotopic (exact) mass is 203 g/mol. The number of hydrogen-bond acceptors (Lipinski definition) is 4. The molecule has 14 heavy (non-hydrogen) atoms. The second kappa shape index (κ2) is 5.92. The number of hydrogen-bond donors (Lipinski definition) is 4. The van der Waals surface area contributed by atoms with Crippen LogP contribution >= 0.6 is 0 Å². The van der Waals surface area contributed by atoms with E-state index in [1.54, 1.807) is 0 Å². The van der Waals surface area contributed by atoms with Gasteiger partial charge in [-0.25, -0.2) is 0 Å². The van der Waals surface area contributed by atoms with E-state index in [-0.39, 0.29) is 12.8 Å². The van der Waals surface area contributed by atoms with Crippen LogP contribution in [0.3, 0.4) is 0 Å². The van der Waals surface area contributed by atoms with E-state index in [0.717, 1.165) is 0 Å². The number of carbonyl (C=O) groups excluding carboxylic acids is 3. The van der Waals surface area contributed by atoms with E-state index < -0.39 is 30.4 Å². The smallest absolute Gasteiger partial charge is 0.246 e. The molecule has 0 radical (unpaired) electrons. The summed E-state index contributed by atoms with van der Waals surface area (Å²) >= 11 is 0. The fourth-order valence-electron chi connectivity index (χ4n) is 0.812. The van der Waals surface area contributed by atoms with Gasteiger partial charge in [-0.05, 0) is 6.42 Å². The second-order valence-electron chi connectivity index (χ2n) is 2.69. The minimum atomic E-state index is -0.970. The number of aliphatic hydroxyl groups excluding tert-OH is 1. The van der Waals surface area contributed by atoms with Crippen LogP contribution in [-0.2, 0) is 14.4 Å². The molecule has 0 aliphatic rings. The molecule has 3 amide bonds. The molecule has 0 rings (SSSR count). The number of nitrogens with two attached hydrogens (primary N) is 2. The highest BCUT2D eigenvalue weighted by atomic mass is 16.3. The highest BCUT2D eigenvalue weighted by molar-refractivity contribution is 5.87. The number of rotatable bonds is 6. The standard InChI is InChI=1S/C7H13N3O4/c8-5(12)2-1-4(7(9)14)10-6(13)3-11/h4,11H,1-3H2,(H2,8,12)(H2,9,14)(H,10,13)/t4-/m0/s1. The van der Waals surface area contributed by atoms with Crippen LogP contribution in [-0.4, -0.2) is 35.5 Å². The Hall–Kier alpha value is -1.63. The maximum atomic E-state index is 10.7. The molecule has 0 fully saturated rings. The Kier molecular flexibility index (Phi) is 5.23. The Morgan fingerprint density at radius 2 is 1.86 bits per heavy atom. The molecular weight excluding hydrogens is 190 g/mol. The van der Waals surface area contributed by atoms with Crippen molar-refractivity contribution in [2.24, 2.45) is 11.5 Å². The third-order valence-electron chi connectivity index (χ3n) is 1.50. The van der Waals surface area contributed by atoms with Gasteiger partial charge in [0.15, 0.2) is 0 Å². The summed E-state index contributed by atoms with van der Waals surface area (Å²) in [6, 6.07) is -0.970. The first-order valence-corrected chi connectivity index (χ1v) is 3.95. The first kappa shape index (κ1) is 12.4. The molecule has 0 aromatic heterocycles. The molecule has 0 aromatic rings. The van der Waals surface area contributed by atoms with E-state index in [4.69, 9.17) is 16.6 Å². The molecule has 0 bridgehead atoms. The predicted octanol–water partition coefficient (Wildman–Crippen LogP) is -2.79. The number of aliphatic hydroxyl groups is 1. The molecule has 0 aromatic carbocycles. The molecule has 80 valence electrons. The highest BCUT2D eigenvalue weighted by Crippen LogP contribution is 1.95. The quantitative estimate of drug-likeness (QED) is 0.371. The van der Waals surface area contributed by atoms with Gasteiger partial charge in [0.05, 0.1) is 0 Å². The van der Waals surface area contributed by atoms with Crippen LogP contribution in [0, 0.1) is 0 Å². The lowest BCUT2D eigenvalue weighted by Crippen LogP contribution is -2.45. The Balaban J connectivity index is 4.09. The van der Waals surface area contributed by atoms with Gasteiger partial charge < -0.3 is 21.9 Å². The summed E-state index contributed by atoms with van der Waals surface area (Å²) in [6.07, 6.45) is -0.0181. The third kappa shape index (κ3) is 5.09. The van der Waals surface area contributed by atoms with E-state index in [1.165, 1.54) is 0 Å². The molecule has 1 atom stereocenters. The molecule has 6 N–H and O–H groups in total. The normalized spacial score (nSPS) is 11.8. The van der Waals surface area contributed by atoms with Crippen molar-refractivity contribution in [3.8, 4) is 0 Å². The van der Waals surface area contributed by atoms with Crippen molar-refractivity contribution < 1.29 is 19.5 Å². The topological polar surface area (TPSA) is 136 Å². The van der Waals surface area contributed by atoms with Crippen molar-refractivity contribution in [3.63, 3.8) is 0 Å². The van der Waals surface area contributed by atoms with Crippen LogP contribution in [0.1, 0.15) is 12.8 Å². The molecule has 0 saturated carbocycles. The molecule has 0 aliphatic carbocycles. The van der Waals surface area contributed by atoms with Crippen molar-refractivity contribution >= 4 is 17.7 Å². The van der Waals surface area contributed by atoms with Crippen LogP contribution in [0.15, 0.2) is 0 Å². The van der Waals surface area contributed by atoms with Gasteiger partial charge in [0.25, 0.3) is 0 Å². The number of primary amides is 2. The molecule has 0 heterocycles. The average Bonchev–Trinajstić information content (AvgIpc) is 2.10. The lowest BCUT2D eigenvalue weighted by molar-refractivity contribution is -0.129. The average molecular weight is 203 g/mol. The van der Waals surface area contributed by atoms with E-state index in [2.05, 4.69) is 5.32 Å². The van der Waals surface area contributed by atoms with Gasteiger partial charge in [-0.15, -0.1) is 0 Å².